The molecule has 1 amide bonds. The minimum absolute atomic E-state index is 0.0278. The number of nitrogens with zero attached hydrogens (tertiary/aromatic N) is 1. The highest BCUT2D eigenvalue weighted by molar-refractivity contribution is 5.70. The predicted molar refractivity (Wildman–Crippen MR) is 62.8 cm³/mol. The monoisotopic (exact) mass is 243 g/mol. The lowest BCUT2D eigenvalue weighted by Gasteiger charge is -2.28. The van der Waals surface area contributed by atoms with Crippen LogP contribution in [0.5, 0.6) is 0 Å². The highest BCUT2D eigenvalue weighted by Crippen LogP contribution is 2.28. The largest absolute Gasteiger partial charge is 0.481 e. The molecular formula is C12H21NO4. The van der Waals surface area contributed by atoms with Gasteiger partial charge in [-0.15, -0.1) is 0 Å². The lowest BCUT2D eigenvalue weighted by Crippen LogP contribution is -2.40. The van der Waals surface area contributed by atoms with Crippen LogP contribution in [-0.2, 0) is 9.53 Å². The van der Waals surface area contributed by atoms with Crippen LogP contribution in [0.3, 0.4) is 0 Å². The molecular weight excluding hydrogens is 222 g/mol. The molecule has 1 rings (SSSR count). The SMILES string of the molecule is CC1C(CC(=O)O)CCN1C(=O)OC(C)(C)C. The van der Waals surface area contributed by atoms with E-state index in [0.29, 0.717) is 6.54 Å². The Kier molecular flexibility index (Phi) is 4.01. The first-order chi connectivity index (χ1) is 7.70. The second kappa shape index (κ2) is 4.94. The van der Waals surface area contributed by atoms with Crippen LogP contribution in [0.15, 0.2) is 0 Å². The van der Waals surface area contributed by atoms with Crippen LogP contribution in [0.4, 0.5) is 4.79 Å². The molecule has 1 heterocycles. The van der Waals surface area contributed by atoms with Gasteiger partial charge < -0.3 is 14.7 Å². The highest BCUT2D eigenvalue weighted by atomic mass is 16.6. The number of carboxylic acids is 1. The van der Waals surface area contributed by atoms with Gasteiger partial charge in [-0.1, -0.05) is 0 Å². The maximum absolute atomic E-state index is 11.9. The molecule has 1 fully saturated rings. The predicted octanol–water partition coefficient (Wildman–Crippen LogP) is 2.11. The number of carbonyl (C=O) groups is 2. The van der Waals surface area contributed by atoms with Crippen LogP contribution in [0.2, 0.25) is 0 Å². The number of hydrogen-bond acceptors (Lipinski definition) is 3. The molecule has 0 aliphatic carbocycles. The summed E-state index contributed by atoms with van der Waals surface area (Å²) in [5, 5.41) is 8.77. The third-order valence-corrected chi connectivity index (χ3v) is 2.98. The van der Waals surface area contributed by atoms with Crippen molar-refractivity contribution in [2.24, 2.45) is 5.92 Å². The molecule has 1 N–H and O–H groups in total. The number of carboxylic acid groups (broad SMARTS) is 1. The van der Waals surface area contributed by atoms with Crippen LogP contribution in [-0.4, -0.2) is 40.3 Å². The molecule has 2 unspecified atom stereocenters. The first-order valence-corrected chi connectivity index (χ1v) is 5.92. The fourth-order valence-electron chi connectivity index (χ4n) is 2.08. The van der Waals surface area contributed by atoms with Gasteiger partial charge in [-0.25, -0.2) is 4.79 Å². The van der Waals surface area contributed by atoms with Gasteiger partial charge in [0.1, 0.15) is 5.60 Å². The zero-order chi connectivity index (χ0) is 13.2. The molecule has 0 aromatic rings. The summed E-state index contributed by atoms with van der Waals surface area (Å²) in [7, 11) is 0. The number of likely N-dealkylation sites (tertiary alicyclic amines) is 1. The summed E-state index contributed by atoms with van der Waals surface area (Å²) in [5.41, 5.74) is -0.512. The zero-order valence-electron chi connectivity index (χ0n) is 10.9. The van der Waals surface area contributed by atoms with Crippen molar-refractivity contribution in [3.63, 3.8) is 0 Å². The molecule has 5 nitrogen and oxygen atoms in total. The van der Waals surface area contributed by atoms with E-state index in [4.69, 9.17) is 9.84 Å². The summed E-state index contributed by atoms with van der Waals surface area (Å²) in [6.07, 6.45) is 0.491. The van der Waals surface area contributed by atoms with Gasteiger partial charge in [0.15, 0.2) is 0 Å². The van der Waals surface area contributed by atoms with Gasteiger partial charge >= 0.3 is 12.1 Å². The molecule has 0 bridgehead atoms. The van der Waals surface area contributed by atoms with E-state index in [1.165, 1.54) is 0 Å². The van der Waals surface area contributed by atoms with Crippen molar-refractivity contribution in [2.45, 2.75) is 52.2 Å². The average Bonchev–Trinajstić information content (AvgIpc) is 2.44. The van der Waals surface area contributed by atoms with Crippen molar-refractivity contribution < 1.29 is 19.4 Å². The normalized spacial score (nSPS) is 24.8. The second-order valence-corrected chi connectivity index (χ2v) is 5.56. The molecule has 0 aromatic carbocycles. The standard InChI is InChI=1S/C12H21NO4/c1-8-9(7-10(14)15)5-6-13(8)11(16)17-12(2,3)4/h8-9H,5-7H2,1-4H3,(H,14,15). The van der Waals surface area contributed by atoms with E-state index in [1.807, 2.05) is 27.7 Å². The number of rotatable bonds is 2. The summed E-state index contributed by atoms with van der Waals surface area (Å²) >= 11 is 0. The summed E-state index contributed by atoms with van der Waals surface area (Å²) in [4.78, 5) is 24.2. The third kappa shape index (κ3) is 3.91. The van der Waals surface area contributed by atoms with E-state index in [0.717, 1.165) is 6.42 Å². The van der Waals surface area contributed by atoms with Crippen molar-refractivity contribution in [1.82, 2.24) is 4.90 Å². The van der Waals surface area contributed by atoms with Crippen molar-refractivity contribution in [2.75, 3.05) is 6.54 Å². The Bertz CT molecular complexity index is 308. The van der Waals surface area contributed by atoms with E-state index < -0.39 is 11.6 Å². The van der Waals surface area contributed by atoms with E-state index >= 15 is 0 Å². The van der Waals surface area contributed by atoms with E-state index in [-0.39, 0.29) is 24.5 Å². The molecule has 0 radical (unpaired) electrons. The van der Waals surface area contributed by atoms with Gasteiger partial charge in [0.25, 0.3) is 0 Å². The topological polar surface area (TPSA) is 66.8 Å². The van der Waals surface area contributed by atoms with Crippen LogP contribution in [0.25, 0.3) is 0 Å². The minimum Gasteiger partial charge on any atom is -0.481 e. The highest BCUT2D eigenvalue weighted by Gasteiger charge is 2.36. The Morgan fingerprint density at radius 3 is 2.47 bits per heavy atom. The van der Waals surface area contributed by atoms with Gasteiger partial charge in [-0.05, 0) is 40.0 Å². The Hall–Kier alpha value is -1.26. The van der Waals surface area contributed by atoms with E-state index in [1.54, 1.807) is 4.90 Å². The summed E-state index contributed by atoms with van der Waals surface area (Å²) in [6.45, 7) is 7.92. The maximum Gasteiger partial charge on any atom is 0.410 e. The minimum atomic E-state index is -0.812. The number of hydrogen-bond donors (Lipinski definition) is 1. The van der Waals surface area contributed by atoms with Gasteiger partial charge in [-0.3, -0.25) is 4.79 Å². The quantitative estimate of drug-likeness (QED) is 0.806. The van der Waals surface area contributed by atoms with Crippen LogP contribution < -0.4 is 0 Å². The Morgan fingerprint density at radius 1 is 1.41 bits per heavy atom. The molecule has 5 heteroatoms. The Morgan fingerprint density at radius 2 is 2.00 bits per heavy atom. The van der Waals surface area contributed by atoms with Crippen LogP contribution in [0, 0.1) is 5.92 Å². The number of aliphatic carboxylic acids is 1. The Balaban J connectivity index is 2.57. The summed E-state index contributed by atoms with van der Waals surface area (Å²) < 4.78 is 5.28. The number of amides is 1. The number of ether oxygens (including phenoxy) is 1. The summed E-state index contributed by atoms with van der Waals surface area (Å²) in [5.74, 6) is -0.784. The van der Waals surface area contributed by atoms with Gasteiger partial charge in [0.2, 0.25) is 0 Å². The van der Waals surface area contributed by atoms with Crippen molar-refractivity contribution in [3.8, 4) is 0 Å². The zero-order valence-corrected chi connectivity index (χ0v) is 10.9. The average molecular weight is 243 g/mol. The molecule has 1 saturated heterocycles. The van der Waals surface area contributed by atoms with Gasteiger partial charge in [-0.2, -0.15) is 0 Å². The molecule has 1 aliphatic rings. The van der Waals surface area contributed by atoms with Crippen LogP contribution >= 0.6 is 0 Å². The molecule has 0 saturated carbocycles. The molecule has 17 heavy (non-hydrogen) atoms. The molecule has 1 aliphatic heterocycles. The molecule has 0 spiro atoms. The maximum atomic E-state index is 11.9. The first kappa shape index (κ1) is 13.8. The molecule has 0 aromatic heterocycles. The van der Waals surface area contributed by atoms with Crippen molar-refractivity contribution in [1.29, 1.82) is 0 Å². The van der Waals surface area contributed by atoms with Crippen molar-refractivity contribution >= 4 is 12.1 Å². The van der Waals surface area contributed by atoms with Gasteiger partial charge in [0, 0.05) is 12.6 Å². The molecule has 98 valence electrons. The Labute approximate surface area is 102 Å². The first-order valence-electron chi connectivity index (χ1n) is 5.92. The second-order valence-electron chi connectivity index (χ2n) is 5.56. The fourth-order valence-corrected chi connectivity index (χ4v) is 2.08. The van der Waals surface area contributed by atoms with Crippen LogP contribution in [0.1, 0.15) is 40.5 Å². The van der Waals surface area contributed by atoms with E-state index in [9.17, 15) is 9.59 Å². The third-order valence-electron chi connectivity index (χ3n) is 2.98. The summed E-state index contributed by atoms with van der Waals surface area (Å²) in [6, 6.07) is -0.0686. The van der Waals surface area contributed by atoms with Crippen molar-refractivity contribution in [3.05, 3.63) is 0 Å². The lowest BCUT2D eigenvalue weighted by atomic mass is 9.98. The number of carbonyl (C=O) groups excluding carboxylic acids is 1. The lowest BCUT2D eigenvalue weighted by molar-refractivity contribution is -0.138. The van der Waals surface area contributed by atoms with Gasteiger partial charge in [0.05, 0.1) is 6.42 Å². The molecule has 2 atom stereocenters. The fraction of sp³-hybridized carbons (Fsp3) is 0.833. The van der Waals surface area contributed by atoms with E-state index in [2.05, 4.69) is 0 Å². The smallest absolute Gasteiger partial charge is 0.410 e.